The normalized spacial score (nSPS) is 16.9. The van der Waals surface area contributed by atoms with E-state index in [1.54, 1.807) is 19.9 Å². The minimum absolute atomic E-state index is 0.0617. The topological polar surface area (TPSA) is 26.3 Å². The van der Waals surface area contributed by atoms with Crippen molar-refractivity contribution < 1.29 is 22.7 Å². The molecule has 1 aliphatic rings. The van der Waals surface area contributed by atoms with E-state index in [0.29, 0.717) is 22.9 Å². The number of halogens is 4. The van der Waals surface area contributed by atoms with Crippen LogP contribution in [0.4, 0.5) is 13.2 Å². The summed E-state index contributed by atoms with van der Waals surface area (Å²) < 4.78 is 45.0. The lowest BCUT2D eigenvalue weighted by Crippen LogP contribution is -2.27. The summed E-state index contributed by atoms with van der Waals surface area (Å²) in [5, 5.41) is 0. The summed E-state index contributed by atoms with van der Waals surface area (Å²) in [5.74, 6) is -0.559. The van der Waals surface area contributed by atoms with Gasteiger partial charge in [-0.1, -0.05) is 15.9 Å². The Labute approximate surface area is 123 Å². The summed E-state index contributed by atoms with van der Waals surface area (Å²) in [6.45, 7) is 3.40. The van der Waals surface area contributed by atoms with Gasteiger partial charge in [0.25, 0.3) is 0 Å². The average Bonchev–Trinajstić information content (AvgIpc) is 3.08. The standard InChI is InChI=1S/C14H14BrF3O2/c1-3-20-12(19)13(4-5-13)11-8(2)6-9(15)7-10(11)14(16,17)18/h6-7H,3-5H2,1-2H3. The van der Waals surface area contributed by atoms with Crippen molar-refractivity contribution in [2.45, 2.75) is 38.3 Å². The molecular formula is C14H14BrF3O2. The van der Waals surface area contributed by atoms with E-state index in [4.69, 9.17) is 4.74 Å². The Kier molecular flexibility index (Phi) is 3.88. The maximum atomic E-state index is 13.2. The lowest BCUT2D eigenvalue weighted by Gasteiger charge is -2.22. The van der Waals surface area contributed by atoms with Gasteiger partial charge in [0.05, 0.1) is 17.6 Å². The molecule has 20 heavy (non-hydrogen) atoms. The highest BCUT2D eigenvalue weighted by molar-refractivity contribution is 9.10. The molecule has 0 aliphatic heterocycles. The van der Waals surface area contributed by atoms with Crippen LogP contribution in [0.5, 0.6) is 0 Å². The smallest absolute Gasteiger partial charge is 0.416 e. The molecule has 2 nitrogen and oxygen atoms in total. The number of hydrogen-bond donors (Lipinski definition) is 0. The first-order valence-electron chi connectivity index (χ1n) is 6.27. The zero-order valence-electron chi connectivity index (χ0n) is 11.1. The first-order valence-corrected chi connectivity index (χ1v) is 7.06. The fraction of sp³-hybridized carbons (Fsp3) is 0.500. The van der Waals surface area contributed by atoms with Crippen LogP contribution < -0.4 is 0 Å². The van der Waals surface area contributed by atoms with Crippen LogP contribution in [0, 0.1) is 6.92 Å². The highest BCUT2D eigenvalue weighted by Gasteiger charge is 2.56. The molecule has 0 unspecified atom stereocenters. The average molecular weight is 351 g/mol. The molecule has 110 valence electrons. The van der Waals surface area contributed by atoms with E-state index in [1.165, 1.54) is 0 Å². The Morgan fingerprint density at radius 1 is 1.40 bits per heavy atom. The number of rotatable bonds is 3. The number of benzene rings is 1. The summed E-state index contributed by atoms with van der Waals surface area (Å²) in [6, 6.07) is 2.63. The number of alkyl halides is 3. The molecule has 1 aliphatic carbocycles. The number of carbonyl (C=O) groups is 1. The molecule has 2 rings (SSSR count). The zero-order chi connectivity index (χ0) is 15.1. The third-order valence-electron chi connectivity index (χ3n) is 3.50. The highest BCUT2D eigenvalue weighted by atomic mass is 79.9. The summed E-state index contributed by atoms with van der Waals surface area (Å²) in [7, 11) is 0. The number of esters is 1. The van der Waals surface area contributed by atoms with Crippen molar-refractivity contribution in [3.05, 3.63) is 33.3 Å². The molecule has 0 heterocycles. The second kappa shape index (κ2) is 5.06. The minimum atomic E-state index is -4.49. The molecule has 0 bridgehead atoms. The van der Waals surface area contributed by atoms with Crippen LogP contribution >= 0.6 is 15.9 Å². The van der Waals surface area contributed by atoms with Crippen molar-refractivity contribution >= 4 is 21.9 Å². The van der Waals surface area contributed by atoms with Crippen molar-refractivity contribution in [2.75, 3.05) is 6.61 Å². The number of hydrogen-bond acceptors (Lipinski definition) is 2. The third kappa shape index (κ3) is 2.57. The lowest BCUT2D eigenvalue weighted by molar-refractivity contribution is -0.147. The van der Waals surface area contributed by atoms with Gasteiger partial charge >= 0.3 is 12.1 Å². The quantitative estimate of drug-likeness (QED) is 0.756. The molecule has 0 spiro atoms. The van der Waals surface area contributed by atoms with E-state index in [9.17, 15) is 18.0 Å². The Hall–Kier alpha value is -1.04. The molecule has 1 saturated carbocycles. The van der Waals surface area contributed by atoms with Crippen molar-refractivity contribution in [2.24, 2.45) is 0 Å². The Morgan fingerprint density at radius 3 is 2.45 bits per heavy atom. The van der Waals surface area contributed by atoms with Crippen molar-refractivity contribution in [1.29, 1.82) is 0 Å². The van der Waals surface area contributed by atoms with Gasteiger partial charge in [0.2, 0.25) is 0 Å². The van der Waals surface area contributed by atoms with Gasteiger partial charge in [0, 0.05) is 4.47 Å². The summed E-state index contributed by atoms with van der Waals surface area (Å²) in [5.41, 5.74) is -1.36. The fourth-order valence-corrected chi connectivity index (χ4v) is 3.12. The second-order valence-electron chi connectivity index (χ2n) is 4.95. The minimum Gasteiger partial charge on any atom is -0.465 e. The van der Waals surface area contributed by atoms with Gasteiger partial charge in [-0.3, -0.25) is 4.79 Å². The number of carbonyl (C=O) groups excluding carboxylic acids is 1. The summed E-state index contributed by atoms with van der Waals surface area (Å²) in [4.78, 5) is 12.0. The molecule has 1 aromatic rings. The van der Waals surface area contributed by atoms with E-state index in [-0.39, 0.29) is 12.2 Å². The fourth-order valence-electron chi connectivity index (χ4n) is 2.55. The first kappa shape index (κ1) is 15.4. The van der Waals surface area contributed by atoms with Gasteiger partial charge in [-0.2, -0.15) is 13.2 Å². The predicted octanol–water partition coefficient (Wildman–Crippen LogP) is 4.37. The Bertz CT molecular complexity index is 548. The summed E-state index contributed by atoms with van der Waals surface area (Å²) in [6.07, 6.45) is -3.69. The van der Waals surface area contributed by atoms with E-state index < -0.39 is 23.1 Å². The molecule has 1 aromatic carbocycles. The van der Waals surface area contributed by atoms with Crippen molar-refractivity contribution in [3.63, 3.8) is 0 Å². The molecule has 6 heteroatoms. The molecule has 0 saturated heterocycles. The van der Waals surface area contributed by atoms with Crippen molar-refractivity contribution in [3.8, 4) is 0 Å². The Morgan fingerprint density at radius 2 is 2.00 bits per heavy atom. The first-order chi connectivity index (χ1) is 9.22. The van der Waals surface area contributed by atoms with Crippen LogP contribution in [-0.4, -0.2) is 12.6 Å². The van der Waals surface area contributed by atoms with Crippen LogP contribution in [0.25, 0.3) is 0 Å². The molecule has 0 N–H and O–H groups in total. The molecule has 0 amide bonds. The van der Waals surface area contributed by atoms with Gasteiger partial charge in [-0.05, 0) is 49.9 Å². The van der Waals surface area contributed by atoms with Gasteiger partial charge < -0.3 is 4.74 Å². The molecule has 0 radical (unpaired) electrons. The van der Waals surface area contributed by atoms with Crippen molar-refractivity contribution in [1.82, 2.24) is 0 Å². The molecule has 0 atom stereocenters. The van der Waals surface area contributed by atoms with Gasteiger partial charge in [-0.25, -0.2) is 0 Å². The molecule has 0 aromatic heterocycles. The number of aryl methyl sites for hydroxylation is 1. The number of ether oxygens (including phenoxy) is 1. The van der Waals surface area contributed by atoms with E-state index in [1.807, 2.05) is 0 Å². The van der Waals surface area contributed by atoms with Crippen LogP contribution in [0.1, 0.15) is 36.5 Å². The SMILES string of the molecule is CCOC(=O)C1(c2c(C)cc(Br)cc2C(F)(F)F)CC1. The maximum Gasteiger partial charge on any atom is 0.416 e. The summed E-state index contributed by atoms with van der Waals surface area (Å²) >= 11 is 3.08. The zero-order valence-corrected chi connectivity index (χ0v) is 12.7. The van der Waals surface area contributed by atoms with Crippen LogP contribution in [0.2, 0.25) is 0 Å². The van der Waals surface area contributed by atoms with Crippen LogP contribution in [0.15, 0.2) is 16.6 Å². The van der Waals surface area contributed by atoms with Crippen LogP contribution in [-0.2, 0) is 21.1 Å². The van der Waals surface area contributed by atoms with E-state index >= 15 is 0 Å². The highest BCUT2D eigenvalue weighted by Crippen LogP contribution is 2.54. The van der Waals surface area contributed by atoms with Gasteiger partial charge in [0.1, 0.15) is 0 Å². The predicted molar refractivity (Wildman–Crippen MR) is 71.4 cm³/mol. The monoisotopic (exact) mass is 350 g/mol. The van der Waals surface area contributed by atoms with Crippen LogP contribution in [0.3, 0.4) is 0 Å². The van der Waals surface area contributed by atoms with Gasteiger partial charge in [0.15, 0.2) is 0 Å². The third-order valence-corrected chi connectivity index (χ3v) is 3.96. The Balaban J connectivity index is 2.60. The maximum absolute atomic E-state index is 13.2. The largest absolute Gasteiger partial charge is 0.465 e. The second-order valence-corrected chi connectivity index (χ2v) is 5.86. The lowest BCUT2D eigenvalue weighted by atomic mass is 9.87. The van der Waals surface area contributed by atoms with Gasteiger partial charge in [-0.15, -0.1) is 0 Å². The van der Waals surface area contributed by atoms with E-state index in [0.717, 1.165) is 6.07 Å². The van der Waals surface area contributed by atoms with E-state index in [2.05, 4.69) is 15.9 Å². The molecule has 1 fully saturated rings. The molecular weight excluding hydrogens is 337 g/mol.